The van der Waals surface area contributed by atoms with Gasteiger partial charge in [0.2, 0.25) is 0 Å². The third-order valence-corrected chi connectivity index (χ3v) is 3.65. The second-order valence-corrected chi connectivity index (χ2v) is 5.48. The van der Waals surface area contributed by atoms with E-state index in [1.165, 1.54) is 18.2 Å². The minimum absolute atomic E-state index is 0.0830. The molecule has 0 bridgehead atoms. The second-order valence-electron chi connectivity index (χ2n) is 5.04. The summed E-state index contributed by atoms with van der Waals surface area (Å²) in [6, 6.07) is 9.13. The van der Waals surface area contributed by atoms with E-state index in [2.05, 4.69) is 12.2 Å². The summed E-state index contributed by atoms with van der Waals surface area (Å²) >= 11 is 5.74. The number of hydrogen-bond acceptors (Lipinski definition) is 1. The SMILES string of the molecule is CCCNC(C)c1ccc(F)c(-c2ccc(Cl)cc2F)c1. The highest BCUT2D eigenvalue weighted by molar-refractivity contribution is 6.30. The molecule has 1 N–H and O–H groups in total. The first-order valence-corrected chi connectivity index (χ1v) is 7.39. The summed E-state index contributed by atoms with van der Waals surface area (Å²) in [4.78, 5) is 0. The molecule has 2 aromatic rings. The molecule has 1 unspecified atom stereocenters. The molecule has 0 heterocycles. The van der Waals surface area contributed by atoms with Crippen molar-refractivity contribution in [2.75, 3.05) is 6.54 Å². The molecular weight excluding hydrogens is 292 g/mol. The molecule has 4 heteroatoms. The fourth-order valence-electron chi connectivity index (χ4n) is 2.21. The fourth-order valence-corrected chi connectivity index (χ4v) is 2.36. The van der Waals surface area contributed by atoms with Gasteiger partial charge >= 0.3 is 0 Å². The van der Waals surface area contributed by atoms with Crippen molar-refractivity contribution in [1.82, 2.24) is 5.32 Å². The Morgan fingerprint density at radius 1 is 1.05 bits per heavy atom. The van der Waals surface area contributed by atoms with E-state index in [9.17, 15) is 8.78 Å². The summed E-state index contributed by atoms with van der Waals surface area (Å²) in [5, 5.41) is 3.63. The van der Waals surface area contributed by atoms with Crippen LogP contribution in [0.4, 0.5) is 8.78 Å². The number of hydrogen-bond donors (Lipinski definition) is 1. The number of nitrogens with one attached hydrogen (secondary N) is 1. The average Bonchev–Trinajstić information content (AvgIpc) is 2.46. The first kappa shape index (κ1) is 15.9. The Labute approximate surface area is 128 Å². The lowest BCUT2D eigenvalue weighted by Crippen LogP contribution is -2.19. The minimum Gasteiger partial charge on any atom is -0.310 e. The molecule has 0 aromatic heterocycles. The van der Waals surface area contributed by atoms with Crippen LogP contribution in [0, 0.1) is 11.6 Å². The lowest BCUT2D eigenvalue weighted by Gasteiger charge is -2.15. The van der Waals surface area contributed by atoms with E-state index in [4.69, 9.17) is 11.6 Å². The van der Waals surface area contributed by atoms with Crippen molar-refractivity contribution in [3.63, 3.8) is 0 Å². The minimum atomic E-state index is -0.521. The van der Waals surface area contributed by atoms with E-state index in [1.54, 1.807) is 18.2 Å². The van der Waals surface area contributed by atoms with Crippen LogP contribution >= 0.6 is 11.6 Å². The third-order valence-electron chi connectivity index (χ3n) is 3.41. The monoisotopic (exact) mass is 309 g/mol. The smallest absolute Gasteiger partial charge is 0.132 e. The molecule has 0 aliphatic heterocycles. The van der Waals surface area contributed by atoms with Crippen molar-refractivity contribution < 1.29 is 8.78 Å². The van der Waals surface area contributed by atoms with Crippen LogP contribution in [0.15, 0.2) is 36.4 Å². The Balaban J connectivity index is 2.39. The van der Waals surface area contributed by atoms with Gasteiger partial charge in [0.15, 0.2) is 0 Å². The van der Waals surface area contributed by atoms with Crippen LogP contribution in [0.2, 0.25) is 5.02 Å². The molecule has 2 aromatic carbocycles. The molecule has 2 rings (SSSR count). The van der Waals surface area contributed by atoms with Crippen LogP contribution in [0.3, 0.4) is 0 Å². The highest BCUT2D eigenvalue weighted by Crippen LogP contribution is 2.29. The lowest BCUT2D eigenvalue weighted by atomic mass is 9.99. The maximum absolute atomic E-state index is 14.0. The largest absolute Gasteiger partial charge is 0.310 e. The molecule has 0 saturated heterocycles. The van der Waals surface area contributed by atoms with Gasteiger partial charge in [-0.2, -0.15) is 0 Å². The molecule has 0 amide bonds. The number of benzene rings is 2. The highest BCUT2D eigenvalue weighted by atomic mass is 35.5. The maximum atomic E-state index is 14.0. The van der Waals surface area contributed by atoms with Crippen molar-refractivity contribution in [2.24, 2.45) is 0 Å². The summed E-state index contributed by atoms with van der Waals surface area (Å²) in [5.74, 6) is -0.963. The van der Waals surface area contributed by atoms with Crippen molar-refractivity contribution >= 4 is 11.6 Å². The summed E-state index contributed by atoms with van der Waals surface area (Å²) in [6.07, 6.45) is 1.02. The van der Waals surface area contributed by atoms with E-state index < -0.39 is 11.6 Å². The molecule has 0 saturated carbocycles. The van der Waals surface area contributed by atoms with Crippen LogP contribution in [0.1, 0.15) is 31.9 Å². The zero-order chi connectivity index (χ0) is 15.4. The first-order valence-electron chi connectivity index (χ1n) is 7.01. The van der Waals surface area contributed by atoms with E-state index in [0.29, 0.717) is 5.02 Å². The van der Waals surface area contributed by atoms with Gasteiger partial charge in [-0.1, -0.05) is 24.6 Å². The van der Waals surface area contributed by atoms with Crippen LogP contribution in [0.25, 0.3) is 11.1 Å². The van der Waals surface area contributed by atoms with Gasteiger partial charge in [-0.3, -0.25) is 0 Å². The first-order chi connectivity index (χ1) is 10.0. The average molecular weight is 310 g/mol. The van der Waals surface area contributed by atoms with Gasteiger partial charge in [0.05, 0.1) is 0 Å². The Morgan fingerprint density at radius 3 is 2.48 bits per heavy atom. The van der Waals surface area contributed by atoms with Crippen LogP contribution in [-0.4, -0.2) is 6.54 Å². The van der Waals surface area contributed by atoms with Crippen LogP contribution < -0.4 is 5.32 Å². The van der Waals surface area contributed by atoms with Crippen molar-refractivity contribution in [1.29, 1.82) is 0 Å². The molecule has 1 nitrogen and oxygen atoms in total. The zero-order valence-electron chi connectivity index (χ0n) is 12.1. The highest BCUT2D eigenvalue weighted by Gasteiger charge is 2.13. The van der Waals surface area contributed by atoms with Crippen molar-refractivity contribution in [2.45, 2.75) is 26.3 Å². The summed E-state index contributed by atoms with van der Waals surface area (Å²) in [6.45, 7) is 4.97. The third kappa shape index (κ3) is 3.80. The molecule has 112 valence electrons. The van der Waals surface area contributed by atoms with Gasteiger partial charge in [-0.05, 0) is 55.8 Å². The molecule has 0 spiro atoms. The quantitative estimate of drug-likeness (QED) is 0.785. The molecule has 21 heavy (non-hydrogen) atoms. The number of rotatable bonds is 5. The van der Waals surface area contributed by atoms with Crippen LogP contribution in [-0.2, 0) is 0 Å². The Kier molecular flexibility index (Phi) is 5.32. The second kappa shape index (κ2) is 7.01. The van der Waals surface area contributed by atoms with Crippen molar-refractivity contribution in [3.8, 4) is 11.1 Å². The topological polar surface area (TPSA) is 12.0 Å². The predicted molar refractivity (Wildman–Crippen MR) is 83.5 cm³/mol. The van der Waals surface area contributed by atoms with Gasteiger partial charge in [-0.15, -0.1) is 0 Å². The van der Waals surface area contributed by atoms with Gasteiger partial charge in [0.25, 0.3) is 0 Å². The maximum Gasteiger partial charge on any atom is 0.132 e. The summed E-state index contributed by atoms with van der Waals surface area (Å²) < 4.78 is 28.0. The molecule has 1 atom stereocenters. The van der Waals surface area contributed by atoms with Gasteiger partial charge in [0.1, 0.15) is 11.6 Å². The van der Waals surface area contributed by atoms with E-state index in [1.807, 2.05) is 6.92 Å². The molecular formula is C17H18ClF2N. The lowest BCUT2D eigenvalue weighted by molar-refractivity contribution is 0.567. The van der Waals surface area contributed by atoms with E-state index >= 15 is 0 Å². The van der Waals surface area contributed by atoms with Gasteiger partial charge in [0, 0.05) is 22.2 Å². The molecule has 0 fully saturated rings. The fraction of sp³-hybridized carbons (Fsp3) is 0.294. The molecule has 0 aliphatic carbocycles. The van der Waals surface area contributed by atoms with Gasteiger partial charge < -0.3 is 5.32 Å². The normalized spacial score (nSPS) is 12.4. The number of halogens is 3. The predicted octanol–water partition coefficient (Wildman–Crippen LogP) is 5.35. The Morgan fingerprint density at radius 2 is 1.81 bits per heavy atom. The van der Waals surface area contributed by atoms with Crippen molar-refractivity contribution in [3.05, 3.63) is 58.6 Å². The Hall–Kier alpha value is -1.45. The van der Waals surface area contributed by atoms with Gasteiger partial charge in [-0.25, -0.2) is 8.78 Å². The summed E-state index contributed by atoms with van der Waals surface area (Å²) in [5.41, 5.74) is 1.41. The summed E-state index contributed by atoms with van der Waals surface area (Å²) in [7, 11) is 0. The van der Waals surface area contributed by atoms with E-state index in [-0.39, 0.29) is 17.2 Å². The molecule has 0 aliphatic rings. The van der Waals surface area contributed by atoms with Crippen LogP contribution in [0.5, 0.6) is 0 Å². The standard InChI is InChI=1S/C17H18ClF2N/c1-3-8-21-11(2)12-4-7-16(19)15(9-12)14-6-5-13(18)10-17(14)20/h4-7,9-11,21H,3,8H2,1-2H3. The van der Waals surface area contributed by atoms with E-state index in [0.717, 1.165) is 18.5 Å². The Bertz CT molecular complexity index is 628. The molecule has 0 radical (unpaired) electrons. The zero-order valence-corrected chi connectivity index (χ0v) is 12.8.